The molecule has 0 atom stereocenters. The quantitative estimate of drug-likeness (QED) is 0.898. The van der Waals surface area contributed by atoms with E-state index < -0.39 is 5.97 Å². The van der Waals surface area contributed by atoms with Gasteiger partial charge in [-0.25, -0.2) is 0 Å². The zero-order chi connectivity index (χ0) is 14.9. The summed E-state index contributed by atoms with van der Waals surface area (Å²) < 4.78 is 6.07. The molecule has 1 heterocycles. The van der Waals surface area contributed by atoms with E-state index in [2.05, 4.69) is 26.1 Å². The number of aromatic amines is 1. The van der Waals surface area contributed by atoms with E-state index in [-0.39, 0.29) is 6.42 Å². The third-order valence-corrected chi connectivity index (χ3v) is 3.86. The number of hydrogen-bond acceptors (Lipinski definition) is 3. The van der Waals surface area contributed by atoms with Gasteiger partial charge in [0.15, 0.2) is 0 Å². The number of H-pyrrole nitrogens is 1. The molecule has 2 N–H and O–H groups in total. The van der Waals surface area contributed by atoms with Crippen molar-refractivity contribution in [2.75, 3.05) is 7.11 Å². The molecule has 2 aromatic rings. The van der Waals surface area contributed by atoms with E-state index in [1.54, 1.807) is 7.11 Å². The Hall–Kier alpha value is -1.82. The predicted molar refractivity (Wildman–Crippen MR) is 79.1 cm³/mol. The Labute approximate surface area is 125 Å². The molecule has 0 radical (unpaired) electrons. The number of carbonyl (C=O) groups is 1. The summed E-state index contributed by atoms with van der Waals surface area (Å²) in [7, 11) is 1.61. The monoisotopic (exact) mass is 338 g/mol. The van der Waals surface area contributed by atoms with Crippen LogP contribution in [0.25, 0.3) is 11.3 Å². The molecular formula is C14H15BrN2O3. The highest BCUT2D eigenvalue weighted by atomic mass is 79.9. The number of nitrogens with one attached hydrogen (secondary N) is 1. The molecule has 6 heteroatoms. The molecule has 20 heavy (non-hydrogen) atoms. The smallest absolute Gasteiger partial charge is 0.309 e. The summed E-state index contributed by atoms with van der Waals surface area (Å²) >= 11 is 3.42. The van der Waals surface area contributed by atoms with Crippen LogP contribution in [0.3, 0.4) is 0 Å². The first-order valence-electron chi connectivity index (χ1n) is 6.04. The van der Waals surface area contributed by atoms with E-state index in [1.807, 2.05) is 26.0 Å². The Morgan fingerprint density at radius 1 is 1.45 bits per heavy atom. The second-order valence-electron chi connectivity index (χ2n) is 4.59. The van der Waals surface area contributed by atoms with Gasteiger partial charge in [-0.1, -0.05) is 6.07 Å². The van der Waals surface area contributed by atoms with E-state index in [1.165, 1.54) is 0 Å². The number of rotatable bonds is 4. The van der Waals surface area contributed by atoms with Crippen LogP contribution < -0.4 is 4.74 Å². The van der Waals surface area contributed by atoms with Crippen LogP contribution in [0, 0.1) is 13.8 Å². The molecule has 0 aliphatic heterocycles. The normalized spacial score (nSPS) is 10.6. The van der Waals surface area contributed by atoms with Crippen LogP contribution in [0.1, 0.15) is 16.8 Å². The first-order valence-corrected chi connectivity index (χ1v) is 6.83. The minimum atomic E-state index is -0.909. The minimum absolute atomic E-state index is 0.110. The number of aliphatic carboxylic acids is 1. The summed E-state index contributed by atoms with van der Waals surface area (Å²) in [6.07, 6.45) is -0.110. The van der Waals surface area contributed by atoms with Gasteiger partial charge >= 0.3 is 5.97 Å². The molecule has 0 aliphatic carbocycles. The molecule has 1 aromatic carbocycles. The Morgan fingerprint density at radius 3 is 2.75 bits per heavy atom. The number of halogens is 1. The molecule has 0 spiro atoms. The number of methoxy groups -OCH3 is 1. The molecule has 2 rings (SSSR count). The van der Waals surface area contributed by atoms with Gasteiger partial charge in [-0.15, -0.1) is 0 Å². The van der Waals surface area contributed by atoms with Crippen LogP contribution in [0.2, 0.25) is 0 Å². The molecule has 1 aromatic heterocycles. The lowest BCUT2D eigenvalue weighted by Gasteiger charge is -2.11. The van der Waals surface area contributed by atoms with Gasteiger partial charge in [0.1, 0.15) is 11.4 Å². The van der Waals surface area contributed by atoms with Gasteiger partial charge in [0.2, 0.25) is 0 Å². The van der Waals surface area contributed by atoms with E-state index in [4.69, 9.17) is 9.84 Å². The van der Waals surface area contributed by atoms with Crippen LogP contribution in [-0.2, 0) is 11.2 Å². The predicted octanol–water partition coefficient (Wildman–Crippen LogP) is 3.09. The maximum atomic E-state index is 10.8. The molecule has 0 bridgehead atoms. The third kappa shape index (κ3) is 2.70. The average molecular weight is 339 g/mol. The summed E-state index contributed by atoms with van der Waals surface area (Å²) in [5.41, 5.74) is 4.18. The average Bonchev–Trinajstić information content (AvgIpc) is 2.70. The lowest BCUT2D eigenvalue weighted by atomic mass is 10.0. The Balaban J connectivity index is 2.57. The number of carboxylic acids is 1. The number of carboxylic acid groups (broad SMARTS) is 1. The van der Waals surface area contributed by atoms with Crippen LogP contribution in [0.4, 0.5) is 0 Å². The lowest BCUT2D eigenvalue weighted by Crippen LogP contribution is -2.00. The van der Waals surface area contributed by atoms with E-state index in [0.29, 0.717) is 15.9 Å². The second-order valence-corrected chi connectivity index (χ2v) is 5.39. The number of ether oxygens (including phenoxy) is 1. The van der Waals surface area contributed by atoms with Crippen molar-refractivity contribution in [1.29, 1.82) is 0 Å². The lowest BCUT2D eigenvalue weighted by molar-refractivity contribution is -0.136. The number of hydrogen-bond donors (Lipinski definition) is 2. The van der Waals surface area contributed by atoms with Crippen molar-refractivity contribution in [2.24, 2.45) is 0 Å². The number of aryl methyl sites for hydroxylation is 2. The van der Waals surface area contributed by atoms with Crippen molar-refractivity contribution in [3.8, 4) is 17.0 Å². The Bertz CT molecular complexity index is 665. The van der Waals surface area contributed by atoms with Crippen molar-refractivity contribution in [3.05, 3.63) is 33.4 Å². The van der Waals surface area contributed by atoms with E-state index in [0.717, 1.165) is 22.4 Å². The van der Waals surface area contributed by atoms with Crippen LogP contribution in [-0.4, -0.2) is 28.4 Å². The zero-order valence-electron chi connectivity index (χ0n) is 11.5. The van der Waals surface area contributed by atoms with Crippen LogP contribution >= 0.6 is 15.9 Å². The molecule has 0 amide bonds. The summed E-state index contributed by atoms with van der Waals surface area (Å²) in [4.78, 5) is 10.8. The maximum absolute atomic E-state index is 10.8. The van der Waals surface area contributed by atoms with Gasteiger partial charge in [0.05, 0.1) is 23.7 Å². The van der Waals surface area contributed by atoms with Crippen molar-refractivity contribution in [3.63, 3.8) is 0 Å². The molecule has 0 fully saturated rings. The van der Waals surface area contributed by atoms with Gasteiger partial charge in [0, 0.05) is 5.56 Å². The number of benzene rings is 1. The molecule has 0 unspecified atom stereocenters. The second kappa shape index (κ2) is 5.66. The van der Waals surface area contributed by atoms with Gasteiger partial charge < -0.3 is 9.84 Å². The summed E-state index contributed by atoms with van der Waals surface area (Å²) in [6, 6.07) is 3.97. The number of nitrogens with zero attached hydrogens (tertiary/aromatic N) is 1. The molecule has 0 saturated carbocycles. The van der Waals surface area contributed by atoms with Gasteiger partial charge in [-0.3, -0.25) is 9.89 Å². The topological polar surface area (TPSA) is 75.2 Å². The van der Waals surface area contributed by atoms with E-state index >= 15 is 0 Å². The highest BCUT2D eigenvalue weighted by molar-refractivity contribution is 9.10. The van der Waals surface area contributed by atoms with Crippen LogP contribution in [0.5, 0.6) is 5.75 Å². The fraction of sp³-hybridized carbons (Fsp3) is 0.286. The van der Waals surface area contributed by atoms with Crippen molar-refractivity contribution in [1.82, 2.24) is 10.2 Å². The standard InChI is InChI=1S/C14H15BrN2O3/c1-7-4-8(2)12(10(5-7)20-3)14-13(15)9(16-17-14)6-11(18)19/h4-5H,6H2,1-3H3,(H,16,17)(H,18,19). The summed E-state index contributed by atoms with van der Waals surface area (Å²) in [5, 5.41) is 15.9. The third-order valence-electron chi connectivity index (χ3n) is 3.00. The Kier molecular flexibility index (Phi) is 4.13. The van der Waals surface area contributed by atoms with Gasteiger partial charge in [0.25, 0.3) is 0 Å². The van der Waals surface area contributed by atoms with Crippen molar-refractivity contribution in [2.45, 2.75) is 20.3 Å². The number of aromatic nitrogens is 2. The first kappa shape index (κ1) is 14.6. The van der Waals surface area contributed by atoms with Crippen molar-refractivity contribution < 1.29 is 14.6 Å². The fourth-order valence-electron chi connectivity index (χ4n) is 2.19. The highest BCUT2D eigenvalue weighted by Crippen LogP contribution is 2.38. The Morgan fingerprint density at radius 2 is 2.15 bits per heavy atom. The van der Waals surface area contributed by atoms with E-state index in [9.17, 15) is 4.79 Å². The maximum Gasteiger partial charge on any atom is 0.309 e. The first-order chi connectivity index (χ1) is 9.43. The zero-order valence-corrected chi connectivity index (χ0v) is 13.0. The van der Waals surface area contributed by atoms with Gasteiger partial charge in [-0.05, 0) is 47.0 Å². The summed E-state index contributed by atoms with van der Waals surface area (Å²) in [6.45, 7) is 3.97. The SMILES string of the molecule is COc1cc(C)cc(C)c1-c1n[nH]c(CC(=O)O)c1Br. The largest absolute Gasteiger partial charge is 0.496 e. The summed E-state index contributed by atoms with van der Waals surface area (Å²) in [5.74, 6) is -0.190. The highest BCUT2D eigenvalue weighted by Gasteiger charge is 2.19. The van der Waals surface area contributed by atoms with Crippen LogP contribution in [0.15, 0.2) is 16.6 Å². The molecule has 106 valence electrons. The van der Waals surface area contributed by atoms with Gasteiger partial charge in [-0.2, -0.15) is 5.10 Å². The molecule has 0 saturated heterocycles. The molecule has 0 aliphatic rings. The van der Waals surface area contributed by atoms with Crippen molar-refractivity contribution >= 4 is 21.9 Å². The molecular weight excluding hydrogens is 324 g/mol. The molecule has 5 nitrogen and oxygen atoms in total. The fourth-order valence-corrected chi connectivity index (χ4v) is 2.71. The minimum Gasteiger partial charge on any atom is -0.496 e.